The Morgan fingerprint density at radius 2 is 1.86 bits per heavy atom. The Kier molecular flexibility index (Phi) is 8.44. The summed E-state index contributed by atoms with van der Waals surface area (Å²) in [6.45, 7) is 11.0. The molecular weight excluding hydrogens is 384 g/mol. The molecule has 3 rings (SSSR count). The van der Waals surface area contributed by atoms with Gasteiger partial charge in [0.05, 0.1) is 10.7 Å². The Labute approximate surface area is 178 Å². The maximum absolute atomic E-state index is 10.2. The Morgan fingerprint density at radius 3 is 2.52 bits per heavy atom. The second-order valence-electron chi connectivity index (χ2n) is 8.15. The van der Waals surface area contributed by atoms with E-state index in [1.807, 2.05) is 12.1 Å². The molecular formula is C22H34N4O2S. The number of β-amino-alcohol motifs (C(OH)–C–C–N with tert-alkyl or cyclic N) is 1. The highest BCUT2D eigenvalue weighted by atomic mass is 32.1. The number of likely N-dealkylation sites (N-methyl/N-ethyl adjacent to an activating group) is 1. The molecule has 0 saturated carbocycles. The second-order valence-corrected chi connectivity index (χ2v) is 9.04. The molecule has 2 N–H and O–H groups in total. The minimum absolute atomic E-state index is 0.325. The van der Waals surface area contributed by atoms with Crippen LogP contribution in [0.25, 0.3) is 0 Å². The fourth-order valence-electron chi connectivity index (χ4n) is 3.28. The van der Waals surface area contributed by atoms with Crippen molar-refractivity contribution in [1.82, 2.24) is 20.1 Å². The van der Waals surface area contributed by atoms with Gasteiger partial charge in [-0.05, 0) is 24.7 Å². The highest BCUT2D eigenvalue weighted by Crippen LogP contribution is 2.19. The van der Waals surface area contributed by atoms with E-state index in [1.165, 1.54) is 10.6 Å². The van der Waals surface area contributed by atoms with E-state index in [0.29, 0.717) is 19.1 Å². The number of aliphatic hydroxyl groups is 1. The lowest BCUT2D eigenvalue weighted by atomic mass is 10.2. The van der Waals surface area contributed by atoms with Crippen LogP contribution in [0.5, 0.6) is 5.75 Å². The molecule has 1 aromatic carbocycles. The number of ether oxygens (including phenoxy) is 1. The molecule has 0 aliphatic carbocycles. The Morgan fingerprint density at radius 1 is 1.14 bits per heavy atom. The molecule has 0 bridgehead atoms. The minimum atomic E-state index is -0.464. The molecule has 0 amide bonds. The minimum Gasteiger partial charge on any atom is -0.491 e. The highest BCUT2D eigenvalue weighted by molar-refractivity contribution is 7.09. The molecule has 160 valence electrons. The van der Waals surface area contributed by atoms with E-state index in [4.69, 9.17) is 4.74 Å². The van der Waals surface area contributed by atoms with Gasteiger partial charge in [-0.1, -0.05) is 26.0 Å². The molecule has 1 unspecified atom stereocenters. The zero-order valence-electron chi connectivity index (χ0n) is 17.8. The Hall–Kier alpha value is -1.51. The first kappa shape index (κ1) is 22.2. The summed E-state index contributed by atoms with van der Waals surface area (Å²) in [5.41, 5.74) is 2.31. The number of rotatable bonds is 10. The van der Waals surface area contributed by atoms with Crippen molar-refractivity contribution in [2.75, 3.05) is 46.4 Å². The number of aliphatic hydroxyl groups excluding tert-OH is 1. The van der Waals surface area contributed by atoms with E-state index >= 15 is 0 Å². The molecule has 6 nitrogen and oxygen atoms in total. The van der Waals surface area contributed by atoms with Gasteiger partial charge in [0, 0.05) is 57.1 Å². The lowest BCUT2D eigenvalue weighted by Gasteiger charge is -2.33. The number of nitrogens with zero attached hydrogens (tertiary/aromatic N) is 3. The van der Waals surface area contributed by atoms with E-state index in [1.54, 1.807) is 11.3 Å². The van der Waals surface area contributed by atoms with Crippen LogP contribution >= 0.6 is 11.3 Å². The van der Waals surface area contributed by atoms with Crippen molar-refractivity contribution in [2.45, 2.75) is 39.0 Å². The molecule has 0 spiro atoms. The fraction of sp³-hybridized carbons (Fsp3) is 0.591. The average molecular weight is 419 g/mol. The fourth-order valence-corrected chi connectivity index (χ4v) is 4.12. The van der Waals surface area contributed by atoms with Crippen molar-refractivity contribution in [3.63, 3.8) is 0 Å². The third kappa shape index (κ3) is 7.35. The predicted octanol–water partition coefficient (Wildman–Crippen LogP) is 2.54. The van der Waals surface area contributed by atoms with E-state index in [2.05, 4.69) is 58.5 Å². The van der Waals surface area contributed by atoms with Crippen molar-refractivity contribution < 1.29 is 9.84 Å². The highest BCUT2D eigenvalue weighted by Gasteiger charge is 2.17. The lowest BCUT2D eigenvalue weighted by Crippen LogP contribution is -2.47. The molecule has 1 aliphatic heterocycles. The first-order valence-corrected chi connectivity index (χ1v) is 11.3. The number of nitrogens with one attached hydrogen (secondary N) is 1. The van der Waals surface area contributed by atoms with Crippen LogP contribution in [0.1, 0.15) is 36.0 Å². The first-order chi connectivity index (χ1) is 14.0. The number of hydrogen-bond acceptors (Lipinski definition) is 7. The SMILES string of the molecule is CC(C)c1nc(CNCc2ccc(OCC(O)CN3CCN(C)CC3)cc2)cs1. The van der Waals surface area contributed by atoms with E-state index in [0.717, 1.165) is 50.7 Å². The Balaban J connectivity index is 1.35. The van der Waals surface area contributed by atoms with E-state index in [9.17, 15) is 5.11 Å². The molecule has 0 radical (unpaired) electrons. The number of aromatic nitrogens is 1. The van der Waals surface area contributed by atoms with Gasteiger partial charge >= 0.3 is 0 Å². The van der Waals surface area contributed by atoms with E-state index in [-0.39, 0.29) is 0 Å². The molecule has 29 heavy (non-hydrogen) atoms. The van der Waals surface area contributed by atoms with Crippen LogP contribution in [0.3, 0.4) is 0 Å². The number of hydrogen-bond donors (Lipinski definition) is 2. The number of piperazine rings is 1. The standard InChI is InChI=1S/C22H34N4O2S/c1-17(2)22-24-19(16-29-22)13-23-12-18-4-6-21(7-5-18)28-15-20(27)14-26-10-8-25(3)9-11-26/h4-7,16-17,20,23,27H,8-15H2,1-3H3. The molecule has 2 aromatic rings. The summed E-state index contributed by atoms with van der Waals surface area (Å²) in [4.78, 5) is 9.26. The van der Waals surface area contributed by atoms with Crippen LogP contribution < -0.4 is 10.1 Å². The summed E-state index contributed by atoms with van der Waals surface area (Å²) < 4.78 is 5.77. The van der Waals surface area contributed by atoms with Gasteiger partial charge in [-0.15, -0.1) is 11.3 Å². The maximum Gasteiger partial charge on any atom is 0.119 e. The normalized spacial score (nSPS) is 17.0. The van der Waals surface area contributed by atoms with Crippen LogP contribution in [-0.4, -0.2) is 72.4 Å². The van der Waals surface area contributed by atoms with Gasteiger partial charge in [0.25, 0.3) is 0 Å². The zero-order chi connectivity index (χ0) is 20.6. The second kappa shape index (κ2) is 11.0. The molecule has 2 heterocycles. The van der Waals surface area contributed by atoms with Crippen molar-refractivity contribution >= 4 is 11.3 Å². The smallest absolute Gasteiger partial charge is 0.119 e. The van der Waals surface area contributed by atoms with Gasteiger partial charge in [0.1, 0.15) is 18.5 Å². The summed E-state index contributed by atoms with van der Waals surface area (Å²) in [7, 11) is 2.14. The molecule has 1 fully saturated rings. The van der Waals surface area contributed by atoms with Gasteiger partial charge in [-0.3, -0.25) is 4.90 Å². The summed E-state index contributed by atoms with van der Waals surface area (Å²) in [6, 6.07) is 8.07. The van der Waals surface area contributed by atoms with Crippen molar-refractivity contribution in [1.29, 1.82) is 0 Å². The largest absolute Gasteiger partial charge is 0.491 e. The van der Waals surface area contributed by atoms with Crippen molar-refractivity contribution in [3.8, 4) is 5.75 Å². The van der Waals surface area contributed by atoms with Crippen LogP contribution in [0, 0.1) is 0 Å². The molecule has 1 aromatic heterocycles. The monoisotopic (exact) mass is 418 g/mol. The third-order valence-corrected chi connectivity index (χ3v) is 6.32. The quantitative estimate of drug-likeness (QED) is 0.618. The molecule has 1 aliphatic rings. The van der Waals surface area contributed by atoms with Crippen LogP contribution in [0.15, 0.2) is 29.6 Å². The van der Waals surface area contributed by atoms with Gasteiger partial charge < -0.3 is 20.1 Å². The summed E-state index contributed by atoms with van der Waals surface area (Å²) in [5, 5.41) is 17.0. The first-order valence-electron chi connectivity index (χ1n) is 10.5. The molecule has 1 atom stereocenters. The van der Waals surface area contributed by atoms with Crippen molar-refractivity contribution in [2.24, 2.45) is 0 Å². The average Bonchev–Trinajstić information content (AvgIpc) is 3.18. The van der Waals surface area contributed by atoms with Gasteiger partial charge in [0.15, 0.2) is 0 Å². The topological polar surface area (TPSA) is 60.9 Å². The third-order valence-electron chi connectivity index (χ3n) is 5.13. The lowest BCUT2D eigenvalue weighted by molar-refractivity contribution is 0.0505. The molecule has 1 saturated heterocycles. The number of thiazole rings is 1. The van der Waals surface area contributed by atoms with Gasteiger partial charge in [-0.25, -0.2) is 4.98 Å². The van der Waals surface area contributed by atoms with Crippen LogP contribution in [0.2, 0.25) is 0 Å². The van der Waals surface area contributed by atoms with Gasteiger partial charge in [-0.2, -0.15) is 0 Å². The maximum atomic E-state index is 10.2. The molecule has 7 heteroatoms. The zero-order valence-corrected chi connectivity index (χ0v) is 18.6. The number of benzene rings is 1. The summed E-state index contributed by atoms with van der Waals surface area (Å²) in [5.74, 6) is 1.29. The van der Waals surface area contributed by atoms with Crippen molar-refractivity contribution in [3.05, 3.63) is 45.9 Å². The predicted molar refractivity (Wildman–Crippen MR) is 119 cm³/mol. The summed E-state index contributed by atoms with van der Waals surface area (Å²) >= 11 is 1.73. The summed E-state index contributed by atoms with van der Waals surface area (Å²) in [6.07, 6.45) is -0.464. The van der Waals surface area contributed by atoms with Gasteiger partial charge in [0.2, 0.25) is 0 Å². The Bertz CT molecular complexity index is 727. The van der Waals surface area contributed by atoms with Crippen LogP contribution in [-0.2, 0) is 13.1 Å². The van der Waals surface area contributed by atoms with Crippen LogP contribution in [0.4, 0.5) is 0 Å². The van der Waals surface area contributed by atoms with E-state index < -0.39 is 6.10 Å².